The molecule has 0 radical (unpaired) electrons. The molecule has 0 unspecified atom stereocenters. The smallest absolute Gasteiger partial charge is 0.257 e. The summed E-state index contributed by atoms with van der Waals surface area (Å²) in [6.07, 6.45) is 1.35. The highest BCUT2D eigenvalue weighted by Crippen LogP contribution is 2.28. The van der Waals surface area contributed by atoms with Gasteiger partial charge in [0.05, 0.1) is 14.2 Å². The highest BCUT2D eigenvalue weighted by molar-refractivity contribution is 5.59. The maximum Gasteiger partial charge on any atom is 0.257 e. The topological polar surface area (TPSA) is 57.4 Å². The van der Waals surface area contributed by atoms with Crippen LogP contribution in [0.2, 0.25) is 0 Å². The molecule has 0 aliphatic heterocycles. The summed E-state index contributed by atoms with van der Waals surface area (Å²) in [4.78, 5) is 3.95. The number of hydrogen-bond acceptors (Lipinski definition) is 5. The van der Waals surface area contributed by atoms with Crippen molar-refractivity contribution >= 4 is 0 Å². The van der Waals surface area contributed by atoms with E-state index in [2.05, 4.69) is 10.1 Å². The van der Waals surface area contributed by atoms with E-state index in [0.29, 0.717) is 17.4 Å². The van der Waals surface area contributed by atoms with Gasteiger partial charge in [-0.15, -0.1) is 0 Å². The third kappa shape index (κ3) is 1.90. The molecular weight excluding hydrogens is 196 g/mol. The van der Waals surface area contributed by atoms with Gasteiger partial charge in [-0.3, -0.25) is 0 Å². The van der Waals surface area contributed by atoms with Crippen LogP contribution >= 0.6 is 0 Å². The first kappa shape index (κ1) is 9.51. The Morgan fingerprint density at radius 1 is 1.07 bits per heavy atom. The number of methoxy groups -OCH3 is 2. The molecule has 0 saturated heterocycles. The first-order valence-corrected chi connectivity index (χ1v) is 4.33. The molecule has 0 amide bonds. The fourth-order valence-electron chi connectivity index (χ4n) is 1.23. The molecule has 0 atom stereocenters. The van der Waals surface area contributed by atoms with E-state index < -0.39 is 0 Å². The van der Waals surface area contributed by atoms with E-state index in [1.165, 1.54) is 6.33 Å². The summed E-state index contributed by atoms with van der Waals surface area (Å²) in [7, 11) is 3.18. The van der Waals surface area contributed by atoms with Gasteiger partial charge < -0.3 is 14.0 Å². The molecule has 0 N–H and O–H groups in total. The third-order valence-electron chi connectivity index (χ3n) is 1.96. The first-order valence-electron chi connectivity index (χ1n) is 4.33. The van der Waals surface area contributed by atoms with Crippen LogP contribution in [0.3, 0.4) is 0 Å². The van der Waals surface area contributed by atoms with Crippen LogP contribution in [0.1, 0.15) is 0 Å². The lowest BCUT2D eigenvalue weighted by Gasteiger charge is -2.05. The summed E-state index contributed by atoms with van der Waals surface area (Å²) in [5.41, 5.74) is 0.767. The van der Waals surface area contributed by atoms with Crippen LogP contribution in [0.25, 0.3) is 11.5 Å². The summed E-state index contributed by atoms with van der Waals surface area (Å²) in [5.74, 6) is 1.80. The molecule has 5 heteroatoms. The van der Waals surface area contributed by atoms with E-state index in [1.54, 1.807) is 32.4 Å². The maximum absolute atomic E-state index is 5.13. The number of ether oxygens (including phenoxy) is 2. The lowest BCUT2D eigenvalue weighted by atomic mass is 10.2. The lowest BCUT2D eigenvalue weighted by molar-refractivity contribution is 0.393. The van der Waals surface area contributed by atoms with Gasteiger partial charge in [-0.25, -0.2) is 0 Å². The number of aromatic nitrogens is 2. The van der Waals surface area contributed by atoms with Crippen molar-refractivity contribution in [2.24, 2.45) is 0 Å². The second-order valence-corrected chi connectivity index (χ2v) is 2.85. The summed E-state index contributed by atoms with van der Waals surface area (Å²) in [6, 6.07) is 5.38. The quantitative estimate of drug-likeness (QED) is 0.765. The molecule has 2 aromatic rings. The van der Waals surface area contributed by atoms with Gasteiger partial charge in [0.2, 0.25) is 0 Å². The molecular formula is C10H10N2O3. The van der Waals surface area contributed by atoms with Gasteiger partial charge in [-0.2, -0.15) is 4.98 Å². The normalized spacial score (nSPS) is 10.0. The standard InChI is InChI=1S/C10H10N2O3/c1-13-8-3-7(4-9(5-8)14-2)10-11-6-12-15-10/h3-6H,1-2H3. The van der Waals surface area contributed by atoms with Crippen molar-refractivity contribution in [3.05, 3.63) is 24.5 Å². The zero-order valence-electron chi connectivity index (χ0n) is 8.43. The van der Waals surface area contributed by atoms with Crippen molar-refractivity contribution in [2.45, 2.75) is 0 Å². The van der Waals surface area contributed by atoms with Gasteiger partial charge in [-0.05, 0) is 12.1 Å². The fourth-order valence-corrected chi connectivity index (χ4v) is 1.23. The number of hydrogen-bond donors (Lipinski definition) is 0. The van der Waals surface area contributed by atoms with Crippen molar-refractivity contribution in [3.63, 3.8) is 0 Å². The molecule has 1 aromatic heterocycles. The van der Waals surface area contributed by atoms with Crippen LogP contribution in [0.5, 0.6) is 11.5 Å². The molecule has 15 heavy (non-hydrogen) atoms. The summed E-state index contributed by atoms with van der Waals surface area (Å²) < 4.78 is 15.2. The average molecular weight is 206 g/mol. The van der Waals surface area contributed by atoms with Crippen molar-refractivity contribution in [2.75, 3.05) is 14.2 Å². The Kier molecular flexibility index (Phi) is 2.53. The second-order valence-electron chi connectivity index (χ2n) is 2.85. The Morgan fingerprint density at radius 2 is 1.73 bits per heavy atom. The summed E-state index contributed by atoms with van der Waals surface area (Å²) in [6.45, 7) is 0. The lowest BCUT2D eigenvalue weighted by Crippen LogP contribution is -1.88. The molecule has 0 bridgehead atoms. The molecule has 0 aliphatic carbocycles. The molecule has 1 aromatic carbocycles. The van der Waals surface area contributed by atoms with E-state index >= 15 is 0 Å². The third-order valence-corrected chi connectivity index (χ3v) is 1.96. The maximum atomic E-state index is 5.13. The minimum atomic E-state index is 0.437. The Bertz CT molecular complexity index is 418. The number of rotatable bonds is 3. The van der Waals surface area contributed by atoms with Crippen molar-refractivity contribution in [1.29, 1.82) is 0 Å². The van der Waals surface area contributed by atoms with Crippen molar-refractivity contribution in [1.82, 2.24) is 10.1 Å². The molecule has 78 valence electrons. The minimum Gasteiger partial charge on any atom is -0.497 e. The SMILES string of the molecule is COc1cc(OC)cc(-c2ncno2)c1. The molecule has 5 nitrogen and oxygen atoms in total. The van der Waals surface area contributed by atoms with E-state index in [-0.39, 0.29) is 0 Å². The van der Waals surface area contributed by atoms with E-state index in [1.807, 2.05) is 0 Å². The van der Waals surface area contributed by atoms with Crippen LogP contribution < -0.4 is 9.47 Å². The predicted molar refractivity (Wildman–Crippen MR) is 52.8 cm³/mol. The van der Waals surface area contributed by atoms with Crippen LogP contribution in [0, 0.1) is 0 Å². The molecule has 0 fully saturated rings. The second kappa shape index (κ2) is 4.00. The van der Waals surface area contributed by atoms with E-state index in [0.717, 1.165) is 5.56 Å². The Balaban J connectivity index is 2.47. The van der Waals surface area contributed by atoms with Gasteiger partial charge in [0.1, 0.15) is 11.5 Å². The number of benzene rings is 1. The van der Waals surface area contributed by atoms with Gasteiger partial charge >= 0.3 is 0 Å². The minimum absolute atomic E-state index is 0.437. The molecule has 1 heterocycles. The van der Waals surface area contributed by atoms with Crippen LogP contribution in [0.15, 0.2) is 29.0 Å². The van der Waals surface area contributed by atoms with Gasteiger partial charge in [-0.1, -0.05) is 5.16 Å². The molecule has 2 rings (SSSR count). The highest BCUT2D eigenvalue weighted by atomic mass is 16.5. The largest absolute Gasteiger partial charge is 0.497 e. The highest BCUT2D eigenvalue weighted by Gasteiger charge is 2.07. The van der Waals surface area contributed by atoms with Crippen molar-refractivity contribution < 1.29 is 14.0 Å². The van der Waals surface area contributed by atoms with Crippen LogP contribution in [-0.2, 0) is 0 Å². The van der Waals surface area contributed by atoms with Gasteiger partial charge in [0.25, 0.3) is 5.89 Å². The zero-order chi connectivity index (χ0) is 10.7. The van der Waals surface area contributed by atoms with Crippen LogP contribution in [0.4, 0.5) is 0 Å². The Labute approximate surface area is 86.6 Å². The monoisotopic (exact) mass is 206 g/mol. The summed E-state index contributed by atoms with van der Waals surface area (Å²) in [5, 5.41) is 3.54. The Morgan fingerprint density at radius 3 is 2.20 bits per heavy atom. The Hall–Kier alpha value is -2.04. The van der Waals surface area contributed by atoms with Gasteiger partial charge in [0, 0.05) is 11.6 Å². The first-order chi connectivity index (χ1) is 7.33. The fraction of sp³-hybridized carbons (Fsp3) is 0.200. The zero-order valence-corrected chi connectivity index (χ0v) is 8.43. The molecule has 0 spiro atoms. The van der Waals surface area contributed by atoms with Gasteiger partial charge in [0.15, 0.2) is 6.33 Å². The molecule has 0 aliphatic rings. The predicted octanol–water partition coefficient (Wildman–Crippen LogP) is 1.75. The van der Waals surface area contributed by atoms with Crippen molar-refractivity contribution in [3.8, 4) is 23.0 Å². The summed E-state index contributed by atoms with van der Waals surface area (Å²) >= 11 is 0. The molecule has 0 saturated carbocycles. The van der Waals surface area contributed by atoms with Crippen LogP contribution in [-0.4, -0.2) is 24.4 Å². The van der Waals surface area contributed by atoms with E-state index in [4.69, 9.17) is 14.0 Å². The number of nitrogens with zero attached hydrogens (tertiary/aromatic N) is 2. The van der Waals surface area contributed by atoms with E-state index in [9.17, 15) is 0 Å². The average Bonchev–Trinajstić information content (AvgIpc) is 2.81.